The van der Waals surface area contributed by atoms with E-state index < -0.39 is 5.97 Å². The van der Waals surface area contributed by atoms with Gasteiger partial charge in [0.2, 0.25) is 0 Å². The molecule has 0 bridgehead atoms. The van der Waals surface area contributed by atoms with Crippen molar-refractivity contribution in [1.82, 2.24) is 0 Å². The van der Waals surface area contributed by atoms with E-state index in [1.165, 1.54) is 5.57 Å². The van der Waals surface area contributed by atoms with Gasteiger partial charge in [0.25, 0.3) is 0 Å². The Morgan fingerprint density at radius 3 is 2.65 bits per heavy atom. The maximum absolute atomic E-state index is 12.2. The molecule has 23 heavy (non-hydrogen) atoms. The summed E-state index contributed by atoms with van der Waals surface area (Å²) in [7, 11) is 0. The molecule has 0 fully saturated rings. The summed E-state index contributed by atoms with van der Waals surface area (Å²) in [5, 5.41) is 9.38. The number of nitriles is 1. The molecule has 2 rings (SSSR count). The number of allylic oxidation sites excluding steroid dienone is 3. The van der Waals surface area contributed by atoms with Gasteiger partial charge in [-0.25, -0.2) is 4.79 Å². The molecule has 1 aliphatic rings. The van der Waals surface area contributed by atoms with Gasteiger partial charge < -0.3 is 4.74 Å². The monoisotopic (exact) mass is 309 g/mol. The fourth-order valence-electron chi connectivity index (χ4n) is 2.61. The van der Waals surface area contributed by atoms with Crippen LogP contribution in [0.1, 0.15) is 45.1 Å². The van der Waals surface area contributed by atoms with Crippen molar-refractivity contribution in [3.8, 4) is 6.07 Å². The third kappa shape index (κ3) is 4.82. The zero-order chi connectivity index (χ0) is 16.7. The topological polar surface area (TPSA) is 50.1 Å². The molecule has 3 heteroatoms. The molecule has 0 unspecified atom stereocenters. The Labute approximate surface area is 138 Å². The van der Waals surface area contributed by atoms with Crippen molar-refractivity contribution in [2.75, 3.05) is 6.61 Å². The van der Waals surface area contributed by atoms with Gasteiger partial charge in [-0.2, -0.15) is 5.26 Å². The third-order valence-corrected chi connectivity index (χ3v) is 3.95. The van der Waals surface area contributed by atoms with Gasteiger partial charge >= 0.3 is 5.97 Å². The van der Waals surface area contributed by atoms with Crippen molar-refractivity contribution in [2.24, 2.45) is 5.92 Å². The predicted molar refractivity (Wildman–Crippen MR) is 91.3 cm³/mol. The van der Waals surface area contributed by atoms with Crippen LogP contribution in [-0.2, 0) is 9.53 Å². The first-order valence-corrected chi connectivity index (χ1v) is 8.18. The van der Waals surface area contributed by atoms with Gasteiger partial charge in [0, 0.05) is 0 Å². The molecule has 1 aliphatic carbocycles. The van der Waals surface area contributed by atoms with Crippen molar-refractivity contribution < 1.29 is 9.53 Å². The standard InChI is InChI=1S/C20H23NO2/c1-15(2)11-12-23-20(22)19(14-21)18-10-6-9-17(13-18)16-7-4-3-5-8-16/h3-5,7-8,13,15H,6,9-12H2,1-2H3/b19-18+. The molecule has 120 valence electrons. The summed E-state index contributed by atoms with van der Waals surface area (Å²) in [6, 6.07) is 12.1. The molecule has 0 N–H and O–H groups in total. The van der Waals surface area contributed by atoms with E-state index >= 15 is 0 Å². The normalized spacial score (nSPS) is 16.5. The fourth-order valence-corrected chi connectivity index (χ4v) is 2.61. The second kappa shape index (κ2) is 8.33. The summed E-state index contributed by atoms with van der Waals surface area (Å²) in [5.74, 6) is -0.0195. The molecule has 0 aliphatic heterocycles. The summed E-state index contributed by atoms with van der Waals surface area (Å²) >= 11 is 0. The van der Waals surface area contributed by atoms with Crippen LogP contribution in [0.15, 0.2) is 47.6 Å². The molecule has 1 aromatic carbocycles. The number of benzene rings is 1. The highest BCUT2D eigenvalue weighted by Crippen LogP contribution is 2.31. The van der Waals surface area contributed by atoms with Crippen LogP contribution in [0, 0.1) is 17.2 Å². The second-order valence-corrected chi connectivity index (χ2v) is 6.22. The fraction of sp³-hybridized carbons (Fsp3) is 0.400. The van der Waals surface area contributed by atoms with Gasteiger partial charge in [0.15, 0.2) is 0 Å². The summed E-state index contributed by atoms with van der Waals surface area (Å²) in [4.78, 5) is 12.2. The smallest absolute Gasteiger partial charge is 0.349 e. The molecule has 0 amide bonds. The molecule has 1 aromatic rings. The Hall–Kier alpha value is -2.34. The number of hydrogen-bond donors (Lipinski definition) is 0. The van der Waals surface area contributed by atoms with Crippen LogP contribution in [0.3, 0.4) is 0 Å². The van der Waals surface area contributed by atoms with Crippen molar-refractivity contribution in [3.05, 3.63) is 53.1 Å². The lowest BCUT2D eigenvalue weighted by Gasteiger charge is -2.17. The quantitative estimate of drug-likeness (QED) is 0.451. The minimum Gasteiger partial charge on any atom is -0.462 e. The Kier molecular flexibility index (Phi) is 6.17. The molecular formula is C20H23NO2. The van der Waals surface area contributed by atoms with E-state index in [4.69, 9.17) is 4.74 Å². The Morgan fingerprint density at radius 2 is 2.00 bits per heavy atom. The first-order chi connectivity index (χ1) is 11.1. The molecule has 0 heterocycles. The van der Waals surface area contributed by atoms with Crippen LogP contribution in [0.2, 0.25) is 0 Å². The number of carbonyl (C=O) groups excluding carboxylic acids is 1. The van der Waals surface area contributed by atoms with Gasteiger partial charge in [-0.05, 0) is 48.3 Å². The van der Waals surface area contributed by atoms with E-state index in [-0.39, 0.29) is 5.57 Å². The average Bonchev–Trinajstić information content (AvgIpc) is 2.56. The summed E-state index contributed by atoms with van der Waals surface area (Å²) in [6.45, 7) is 4.52. The van der Waals surface area contributed by atoms with E-state index in [0.717, 1.165) is 36.8 Å². The lowest BCUT2D eigenvalue weighted by atomic mass is 9.88. The van der Waals surface area contributed by atoms with Crippen molar-refractivity contribution in [3.63, 3.8) is 0 Å². The van der Waals surface area contributed by atoms with Gasteiger partial charge in [0.1, 0.15) is 11.6 Å². The second-order valence-electron chi connectivity index (χ2n) is 6.22. The summed E-state index contributed by atoms with van der Waals surface area (Å²) in [6.07, 6.45) is 5.46. The SMILES string of the molecule is CC(C)CCOC(=O)/C(C#N)=C1/C=C(c2ccccc2)CCC1. The zero-order valence-corrected chi connectivity index (χ0v) is 13.8. The molecule has 0 radical (unpaired) electrons. The van der Waals surface area contributed by atoms with Gasteiger partial charge in [-0.3, -0.25) is 0 Å². The highest BCUT2D eigenvalue weighted by Gasteiger charge is 2.19. The number of ether oxygens (including phenoxy) is 1. The zero-order valence-electron chi connectivity index (χ0n) is 13.8. The molecule has 0 saturated heterocycles. The maximum Gasteiger partial charge on any atom is 0.349 e. The molecule has 0 aromatic heterocycles. The lowest BCUT2D eigenvalue weighted by Crippen LogP contribution is -2.12. The predicted octanol–water partition coefficient (Wildman–Crippen LogP) is 4.66. The maximum atomic E-state index is 12.2. The van der Waals surface area contributed by atoms with Crippen molar-refractivity contribution in [2.45, 2.75) is 39.5 Å². The van der Waals surface area contributed by atoms with Gasteiger partial charge in [0.05, 0.1) is 6.61 Å². The number of nitrogens with zero attached hydrogens (tertiary/aromatic N) is 1. The highest BCUT2D eigenvalue weighted by atomic mass is 16.5. The molecule has 0 saturated carbocycles. The van der Waals surface area contributed by atoms with E-state index in [9.17, 15) is 10.1 Å². The minimum absolute atomic E-state index is 0.155. The molecule has 0 atom stereocenters. The van der Waals surface area contributed by atoms with Crippen LogP contribution in [0.25, 0.3) is 5.57 Å². The van der Waals surface area contributed by atoms with E-state index in [1.54, 1.807) is 0 Å². The van der Waals surface area contributed by atoms with Crippen LogP contribution >= 0.6 is 0 Å². The average molecular weight is 309 g/mol. The molecular weight excluding hydrogens is 286 g/mol. The van der Waals surface area contributed by atoms with Crippen LogP contribution < -0.4 is 0 Å². The molecule has 0 spiro atoms. The summed E-state index contributed by atoms with van der Waals surface area (Å²) < 4.78 is 5.25. The Morgan fingerprint density at radius 1 is 1.26 bits per heavy atom. The summed E-state index contributed by atoms with van der Waals surface area (Å²) in [5.41, 5.74) is 3.28. The van der Waals surface area contributed by atoms with Crippen molar-refractivity contribution in [1.29, 1.82) is 5.26 Å². The van der Waals surface area contributed by atoms with E-state index in [2.05, 4.69) is 26.0 Å². The Bertz CT molecular complexity index is 648. The van der Waals surface area contributed by atoms with Gasteiger partial charge in [-0.15, -0.1) is 0 Å². The Balaban J connectivity index is 2.19. The first-order valence-electron chi connectivity index (χ1n) is 8.18. The number of hydrogen-bond acceptors (Lipinski definition) is 3. The minimum atomic E-state index is -0.492. The third-order valence-electron chi connectivity index (χ3n) is 3.95. The number of esters is 1. The lowest BCUT2D eigenvalue weighted by molar-refractivity contribution is -0.138. The number of carbonyl (C=O) groups is 1. The van der Waals surface area contributed by atoms with Gasteiger partial charge in [-0.1, -0.05) is 50.3 Å². The van der Waals surface area contributed by atoms with Crippen LogP contribution in [-0.4, -0.2) is 12.6 Å². The first kappa shape index (κ1) is 17.0. The van der Waals surface area contributed by atoms with Crippen LogP contribution in [0.5, 0.6) is 0 Å². The van der Waals surface area contributed by atoms with Crippen molar-refractivity contribution >= 4 is 11.5 Å². The number of rotatable bonds is 5. The van der Waals surface area contributed by atoms with E-state index in [1.807, 2.05) is 30.3 Å². The largest absolute Gasteiger partial charge is 0.462 e. The van der Waals surface area contributed by atoms with Crippen LogP contribution in [0.4, 0.5) is 0 Å². The molecule has 3 nitrogen and oxygen atoms in total. The van der Waals surface area contributed by atoms with E-state index in [0.29, 0.717) is 12.5 Å². The highest BCUT2D eigenvalue weighted by molar-refractivity contribution is 5.95.